The molecule has 1 aromatic rings. The maximum absolute atomic E-state index is 10.1. The number of phenolic OH excluding ortho intramolecular Hbond substituents is 1. The lowest BCUT2D eigenvalue weighted by atomic mass is 9.84. The highest BCUT2D eigenvalue weighted by atomic mass is 16.3. The molecule has 0 radical (unpaired) electrons. The van der Waals surface area contributed by atoms with Crippen LogP contribution in [0.5, 0.6) is 5.75 Å². The zero-order valence-electron chi connectivity index (χ0n) is 12.9. The molecule has 4 unspecified atom stereocenters. The van der Waals surface area contributed by atoms with Crippen LogP contribution < -0.4 is 0 Å². The number of benzene rings is 1. The Morgan fingerprint density at radius 3 is 2.63 bits per heavy atom. The van der Waals surface area contributed by atoms with Gasteiger partial charge in [0.25, 0.3) is 0 Å². The maximum Gasteiger partial charge on any atom is 0.120 e. The Labute approximate surface area is 117 Å². The summed E-state index contributed by atoms with van der Waals surface area (Å²) in [5.41, 5.74) is 2.28. The van der Waals surface area contributed by atoms with Crippen LogP contribution >= 0.6 is 0 Å². The SMILES string of the molecule is Cc1ccc(O)c(C(C)N2CC(C)CC(C)C2C)c1. The second-order valence-corrected chi connectivity index (χ2v) is 6.49. The van der Waals surface area contributed by atoms with E-state index in [0.29, 0.717) is 11.8 Å². The zero-order valence-corrected chi connectivity index (χ0v) is 12.9. The van der Waals surface area contributed by atoms with E-state index in [-0.39, 0.29) is 6.04 Å². The van der Waals surface area contributed by atoms with Crippen molar-refractivity contribution in [2.45, 2.75) is 53.1 Å². The average molecular weight is 261 g/mol. The van der Waals surface area contributed by atoms with Crippen molar-refractivity contribution in [3.05, 3.63) is 29.3 Å². The maximum atomic E-state index is 10.1. The summed E-state index contributed by atoms with van der Waals surface area (Å²) in [6.07, 6.45) is 1.31. The molecule has 0 spiro atoms. The molecule has 1 aliphatic heterocycles. The largest absolute Gasteiger partial charge is 0.508 e. The van der Waals surface area contributed by atoms with Crippen LogP contribution in [0, 0.1) is 18.8 Å². The first kappa shape index (κ1) is 14.4. The molecule has 2 heteroatoms. The van der Waals surface area contributed by atoms with Crippen LogP contribution in [0.15, 0.2) is 18.2 Å². The van der Waals surface area contributed by atoms with E-state index in [0.717, 1.165) is 23.9 Å². The average Bonchev–Trinajstić information content (AvgIpc) is 2.36. The fourth-order valence-electron chi connectivity index (χ4n) is 3.46. The van der Waals surface area contributed by atoms with Gasteiger partial charge in [0.1, 0.15) is 5.75 Å². The molecular weight excluding hydrogens is 234 g/mol. The topological polar surface area (TPSA) is 23.5 Å². The van der Waals surface area contributed by atoms with E-state index in [1.165, 1.54) is 12.0 Å². The lowest BCUT2D eigenvalue weighted by molar-refractivity contribution is 0.0452. The van der Waals surface area contributed by atoms with Crippen molar-refractivity contribution in [1.82, 2.24) is 4.90 Å². The third kappa shape index (κ3) is 2.94. The van der Waals surface area contributed by atoms with Crippen LogP contribution in [-0.2, 0) is 0 Å². The Morgan fingerprint density at radius 1 is 1.26 bits per heavy atom. The highest BCUT2D eigenvalue weighted by molar-refractivity contribution is 5.37. The number of likely N-dealkylation sites (tertiary alicyclic amines) is 1. The molecule has 0 aliphatic carbocycles. The molecule has 106 valence electrons. The Kier molecular flexibility index (Phi) is 4.19. The second kappa shape index (κ2) is 5.54. The van der Waals surface area contributed by atoms with Gasteiger partial charge in [0.2, 0.25) is 0 Å². The molecule has 2 nitrogen and oxygen atoms in total. The molecule has 1 aliphatic rings. The molecule has 1 fully saturated rings. The molecule has 2 rings (SSSR count). The first-order chi connectivity index (χ1) is 8.90. The molecule has 0 amide bonds. The van der Waals surface area contributed by atoms with Crippen LogP contribution in [0.2, 0.25) is 0 Å². The third-order valence-corrected chi connectivity index (χ3v) is 4.77. The predicted octanol–water partition coefficient (Wildman–Crippen LogP) is 4.13. The van der Waals surface area contributed by atoms with Crippen molar-refractivity contribution in [1.29, 1.82) is 0 Å². The normalized spacial score (nSPS) is 30.3. The smallest absolute Gasteiger partial charge is 0.120 e. The van der Waals surface area contributed by atoms with Crippen molar-refractivity contribution in [3.8, 4) is 5.75 Å². The minimum absolute atomic E-state index is 0.278. The molecule has 0 bridgehead atoms. The number of hydrogen-bond donors (Lipinski definition) is 1. The van der Waals surface area contributed by atoms with Gasteiger partial charge in [-0.1, -0.05) is 31.5 Å². The van der Waals surface area contributed by atoms with Gasteiger partial charge in [0, 0.05) is 24.2 Å². The third-order valence-electron chi connectivity index (χ3n) is 4.77. The van der Waals surface area contributed by atoms with Crippen LogP contribution in [0.3, 0.4) is 0 Å². The van der Waals surface area contributed by atoms with Crippen molar-refractivity contribution in [3.63, 3.8) is 0 Å². The van der Waals surface area contributed by atoms with E-state index in [4.69, 9.17) is 0 Å². The van der Waals surface area contributed by atoms with Gasteiger partial charge >= 0.3 is 0 Å². The predicted molar refractivity (Wildman–Crippen MR) is 80.4 cm³/mol. The van der Waals surface area contributed by atoms with Crippen LogP contribution in [-0.4, -0.2) is 22.6 Å². The number of aromatic hydroxyl groups is 1. The summed E-state index contributed by atoms with van der Waals surface area (Å²) in [5, 5.41) is 10.1. The summed E-state index contributed by atoms with van der Waals surface area (Å²) in [5.74, 6) is 1.88. The lowest BCUT2D eigenvalue weighted by Gasteiger charge is -2.44. The fraction of sp³-hybridized carbons (Fsp3) is 0.647. The van der Waals surface area contributed by atoms with Crippen molar-refractivity contribution in [2.24, 2.45) is 11.8 Å². The van der Waals surface area contributed by atoms with Crippen LogP contribution in [0.4, 0.5) is 0 Å². The molecule has 1 heterocycles. The molecule has 1 saturated heterocycles. The molecule has 1 aromatic carbocycles. The highest BCUT2D eigenvalue weighted by Gasteiger charge is 2.32. The van der Waals surface area contributed by atoms with Gasteiger partial charge in [-0.25, -0.2) is 0 Å². The summed E-state index contributed by atoms with van der Waals surface area (Å²) in [4.78, 5) is 2.55. The van der Waals surface area contributed by atoms with Gasteiger partial charge in [0.15, 0.2) is 0 Å². The Balaban J connectivity index is 2.27. The molecule has 19 heavy (non-hydrogen) atoms. The van der Waals surface area contributed by atoms with E-state index < -0.39 is 0 Å². The monoisotopic (exact) mass is 261 g/mol. The van der Waals surface area contributed by atoms with Gasteiger partial charge in [0.05, 0.1) is 0 Å². The first-order valence-electron chi connectivity index (χ1n) is 7.45. The standard InChI is InChI=1S/C17H27NO/c1-11-6-7-17(19)16(9-11)15(5)18-10-12(2)8-13(3)14(18)4/h6-7,9,12-15,19H,8,10H2,1-5H3. The van der Waals surface area contributed by atoms with Gasteiger partial charge in [-0.3, -0.25) is 4.90 Å². The number of aryl methyl sites for hydroxylation is 1. The summed E-state index contributed by atoms with van der Waals surface area (Å²) in [7, 11) is 0. The van der Waals surface area contributed by atoms with Gasteiger partial charge in [-0.2, -0.15) is 0 Å². The minimum atomic E-state index is 0.278. The molecular formula is C17H27NO. The van der Waals surface area contributed by atoms with E-state index in [1.807, 2.05) is 12.1 Å². The number of piperidine rings is 1. The van der Waals surface area contributed by atoms with Crippen molar-refractivity contribution >= 4 is 0 Å². The van der Waals surface area contributed by atoms with E-state index in [2.05, 4.69) is 45.6 Å². The van der Waals surface area contributed by atoms with Crippen LogP contribution in [0.25, 0.3) is 0 Å². The molecule has 0 aromatic heterocycles. The number of hydrogen-bond acceptors (Lipinski definition) is 2. The molecule has 1 N–H and O–H groups in total. The summed E-state index contributed by atoms with van der Waals surface area (Å²) < 4.78 is 0. The van der Waals surface area contributed by atoms with Gasteiger partial charge < -0.3 is 5.11 Å². The van der Waals surface area contributed by atoms with Crippen molar-refractivity contribution < 1.29 is 5.11 Å². The lowest BCUT2D eigenvalue weighted by Crippen LogP contribution is -2.46. The zero-order chi connectivity index (χ0) is 14.2. The van der Waals surface area contributed by atoms with E-state index in [1.54, 1.807) is 0 Å². The van der Waals surface area contributed by atoms with Gasteiger partial charge in [-0.15, -0.1) is 0 Å². The van der Waals surface area contributed by atoms with E-state index >= 15 is 0 Å². The molecule has 4 atom stereocenters. The summed E-state index contributed by atoms with van der Waals surface area (Å²) in [6.45, 7) is 12.4. The number of nitrogens with zero attached hydrogens (tertiary/aromatic N) is 1. The first-order valence-corrected chi connectivity index (χ1v) is 7.45. The minimum Gasteiger partial charge on any atom is -0.508 e. The van der Waals surface area contributed by atoms with Crippen molar-refractivity contribution in [2.75, 3.05) is 6.54 Å². The fourth-order valence-corrected chi connectivity index (χ4v) is 3.46. The van der Waals surface area contributed by atoms with E-state index in [9.17, 15) is 5.11 Å². The van der Waals surface area contributed by atoms with Crippen LogP contribution in [0.1, 0.15) is 51.3 Å². The number of rotatable bonds is 2. The quantitative estimate of drug-likeness (QED) is 0.865. The Hall–Kier alpha value is -1.02. The Bertz CT molecular complexity index is 443. The highest BCUT2D eigenvalue weighted by Crippen LogP contribution is 2.36. The number of phenols is 1. The summed E-state index contributed by atoms with van der Waals surface area (Å²) >= 11 is 0. The van der Waals surface area contributed by atoms with Gasteiger partial charge in [-0.05, 0) is 45.1 Å². The molecule has 0 saturated carbocycles. The Morgan fingerprint density at radius 2 is 1.95 bits per heavy atom. The summed E-state index contributed by atoms with van der Waals surface area (Å²) in [6, 6.07) is 6.77. The second-order valence-electron chi connectivity index (χ2n) is 6.49.